The number of rotatable bonds is 8. The van der Waals surface area contributed by atoms with Crippen molar-refractivity contribution in [1.29, 1.82) is 0 Å². The average molecular weight is 483 g/mol. The van der Waals surface area contributed by atoms with Gasteiger partial charge in [-0.3, -0.25) is 19.1 Å². The number of ether oxygens (including phenoxy) is 1. The summed E-state index contributed by atoms with van der Waals surface area (Å²) in [5.74, 6) is 6.17. The second kappa shape index (κ2) is 12.3. The van der Waals surface area contributed by atoms with Gasteiger partial charge in [-0.25, -0.2) is 4.98 Å². The molecule has 0 radical (unpaired) electrons. The van der Waals surface area contributed by atoms with Crippen LogP contribution in [0.25, 0.3) is 10.9 Å². The molecule has 0 aliphatic carbocycles. The van der Waals surface area contributed by atoms with Gasteiger partial charge < -0.3 is 10.1 Å². The molecular weight excluding hydrogens is 452 g/mol. The lowest BCUT2D eigenvalue weighted by Crippen LogP contribution is -2.33. The molecule has 2 aromatic heterocycles. The molecule has 1 amide bonds. The van der Waals surface area contributed by atoms with Crippen LogP contribution in [0, 0.1) is 11.8 Å². The van der Waals surface area contributed by atoms with Gasteiger partial charge in [-0.2, -0.15) is 0 Å². The van der Waals surface area contributed by atoms with E-state index in [2.05, 4.69) is 33.7 Å². The van der Waals surface area contributed by atoms with Gasteiger partial charge >= 0.3 is 0 Å². The number of allylic oxidation sites excluding steroid dienone is 5. The minimum absolute atomic E-state index is 0.0458. The zero-order chi connectivity index (χ0) is 26.1. The first kappa shape index (κ1) is 26.2. The van der Waals surface area contributed by atoms with Crippen molar-refractivity contribution in [2.75, 3.05) is 13.2 Å². The molecule has 0 bridgehead atoms. The maximum absolute atomic E-state index is 12.8. The first-order valence-electron chi connectivity index (χ1n) is 11.7. The third-order valence-corrected chi connectivity index (χ3v) is 5.57. The molecule has 1 aromatic carbocycles. The Labute approximate surface area is 211 Å². The summed E-state index contributed by atoms with van der Waals surface area (Å²) < 4.78 is 7.04. The molecule has 0 unspecified atom stereocenters. The Hall–Kier alpha value is -4.44. The largest absolute Gasteiger partial charge is 0.493 e. The maximum Gasteiger partial charge on any atom is 0.266 e. The molecule has 184 valence electrons. The fourth-order valence-corrected chi connectivity index (χ4v) is 3.48. The second-order valence-electron chi connectivity index (χ2n) is 8.16. The van der Waals surface area contributed by atoms with Crippen LogP contribution in [-0.2, 0) is 6.54 Å². The van der Waals surface area contributed by atoms with Crippen molar-refractivity contribution in [1.82, 2.24) is 19.9 Å². The van der Waals surface area contributed by atoms with Crippen molar-refractivity contribution < 1.29 is 9.53 Å². The van der Waals surface area contributed by atoms with Crippen molar-refractivity contribution >= 4 is 16.8 Å². The molecular formula is C29H30N4O3. The van der Waals surface area contributed by atoms with Gasteiger partial charge in [-0.15, -0.1) is 0 Å². The molecule has 0 aliphatic heterocycles. The third kappa shape index (κ3) is 6.57. The van der Waals surface area contributed by atoms with Crippen LogP contribution in [0.2, 0.25) is 0 Å². The summed E-state index contributed by atoms with van der Waals surface area (Å²) in [5.41, 5.74) is 4.03. The van der Waals surface area contributed by atoms with Gasteiger partial charge in [0.05, 0.1) is 31.5 Å². The predicted octanol–water partition coefficient (Wildman–Crippen LogP) is 4.44. The summed E-state index contributed by atoms with van der Waals surface area (Å²) in [5, 5.41) is 3.54. The van der Waals surface area contributed by atoms with Gasteiger partial charge in [0.25, 0.3) is 11.5 Å². The van der Waals surface area contributed by atoms with E-state index in [1.165, 1.54) is 17.1 Å². The number of carbonyl (C=O) groups is 1. The number of amides is 1. The smallest absolute Gasteiger partial charge is 0.266 e. The van der Waals surface area contributed by atoms with Crippen LogP contribution in [0.5, 0.6) is 5.75 Å². The van der Waals surface area contributed by atoms with Crippen LogP contribution in [0.15, 0.2) is 83.2 Å². The van der Waals surface area contributed by atoms with E-state index in [1.54, 1.807) is 6.20 Å². The fourth-order valence-electron chi connectivity index (χ4n) is 3.48. The van der Waals surface area contributed by atoms with E-state index in [4.69, 9.17) is 4.74 Å². The molecule has 3 aromatic rings. The highest BCUT2D eigenvalue weighted by Crippen LogP contribution is 2.24. The minimum atomic E-state index is -0.528. The van der Waals surface area contributed by atoms with Crippen LogP contribution < -0.4 is 15.6 Å². The quantitative estimate of drug-likeness (QED) is 0.379. The number of hydrogen-bond donors (Lipinski definition) is 1. The monoisotopic (exact) mass is 482 g/mol. The summed E-state index contributed by atoms with van der Waals surface area (Å²) in [7, 11) is 0. The lowest BCUT2D eigenvalue weighted by Gasteiger charge is -2.09. The Balaban J connectivity index is 1.68. The fraction of sp³-hybridized carbons (Fsp3) is 0.241. The van der Waals surface area contributed by atoms with E-state index >= 15 is 0 Å². The molecule has 0 saturated heterocycles. The molecule has 7 nitrogen and oxygen atoms in total. The summed E-state index contributed by atoms with van der Waals surface area (Å²) in [6.07, 6.45) is 8.31. The van der Waals surface area contributed by atoms with E-state index < -0.39 is 11.5 Å². The Morgan fingerprint density at radius 3 is 2.81 bits per heavy atom. The van der Waals surface area contributed by atoms with Gasteiger partial charge in [0.2, 0.25) is 0 Å². The predicted molar refractivity (Wildman–Crippen MR) is 143 cm³/mol. The van der Waals surface area contributed by atoms with Crippen molar-refractivity contribution in [3.05, 3.63) is 99.9 Å². The highest BCUT2D eigenvalue weighted by molar-refractivity contribution is 5.93. The lowest BCUT2D eigenvalue weighted by atomic mass is 10.1. The number of hydrogen-bond acceptors (Lipinski definition) is 5. The SMILES string of the molecule is C=C(/C=C(C)\C(C)=C/C)Cn1cncc(C(=O)NCC#Cc2ccc3nccc(OCC)c3c2)c1=O. The topological polar surface area (TPSA) is 86.1 Å². The summed E-state index contributed by atoms with van der Waals surface area (Å²) >= 11 is 0. The van der Waals surface area contributed by atoms with E-state index in [9.17, 15) is 9.59 Å². The standard InChI is InChI=1S/C29H30N4O3/c1-6-21(4)22(5)15-20(3)18-33-19-30-17-25(29(33)35)28(34)32-13-8-9-23-10-11-26-24(16-23)27(36-7-2)12-14-31-26/h6,10-12,14-17,19H,3,7,13,18H2,1-2,4-5H3,(H,32,34)/b21-6-,22-15-. The minimum Gasteiger partial charge on any atom is -0.493 e. The zero-order valence-corrected chi connectivity index (χ0v) is 21.1. The molecule has 0 fully saturated rings. The Bertz CT molecular complexity index is 1470. The van der Waals surface area contributed by atoms with Gasteiger partial charge in [-0.05, 0) is 63.1 Å². The molecule has 3 rings (SSSR count). The number of pyridine rings is 1. The van der Waals surface area contributed by atoms with Crippen molar-refractivity contribution in [3.63, 3.8) is 0 Å². The first-order chi connectivity index (χ1) is 17.3. The van der Waals surface area contributed by atoms with Gasteiger partial charge in [0, 0.05) is 23.3 Å². The number of nitrogens with zero attached hydrogens (tertiary/aromatic N) is 3. The number of aromatic nitrogens is 3. The molecule has 0 aliphatic rings. The average Bonchev–Trinajstić information content (AvgIpc) is 2.87. The van der Waals surface area contributed by atoms with Gasteiger partial charge in [0.1, 0.15) is 11.3 Å². The van der Waals surface area contributed by atoms with Crippen LogP contribution in [0.4, 0.5) is 0 Å². The van der Waals surface area contributed by atoms with E-state index in [0.717, 1.165) is 38.9 Å². The van der Waals surface area contributed by atoms with Crippen LogP contribution in [0.3, 0.4) is 0 Å². The number of fused-ring (bicyclic) bond motifs is 1. The van der Waals surface area contributed by atoms with E-state index in [0.29, 0.717) is 6.61 Å². The molecule has 7 heteroatoms. The van der Waals surface area contributed by atoms with Crippen molar-refractivity contribution in [2.45, 2.75) is 34.2 Å². The van der Waals surface area contributed by atoms with Gasteiger partial charge in [0.15, 0.2) is 0 Å². The lowest BCUT2D eigenvalue weighted by molar-refractivity contribution is 0.0956. The molecule has 36 heavy (non-hydrogen) atoms. The highest BCUT2D eigenvalue weighted by Gasteiger charge is 2.12. The Kier molecular flexibility index (Phi) is 8.95. The summed E-state index contributed by atoms with van der Waals surface area (Å²) in [6.45, 7) is 12.8. The second-order valence-corrected chi connectivity index (χ2v) is 8.16. The van der Waals surface area contributed by atoms with Crippen LogP contribution in [0.1, 0.15) is 43.6 Å². The Morgan fingerprint density at radius 1 is 1.25 bits per heavy atom. The highest BCUT2D eigenvalue weighted by atomic mass is 16.5. The maximum atomic E-state index is 12.8. The number of carbonyl (C=O) groups excluding carboxylic acids is 1. The van der Waals surface area contributed by atoms with Crippen LogP contribution in [-0.4, -0.2) is 33.6 Å². The molecule has 0 atom stereocenters. The van der Waals surface area contributed by atoms with E-state index in [1.807, 2.05) is 64.1 Å². The zero-order valence-electron chi connectivity index (χ0n) is 21.1. The summed E-state index contributed by atoms with van der Waals surface area (Å²) in [6, 6.07) is 7.46. The van der Waals surface area contributed by atoms with Crippen molar-refractivity contribution in [3.8, 4) is 17.6 Å². The molecule has 0 saturated carbocycles. The molecule has 1 N–H and O–H groups in total. The first-order valence-corrected chi connectivity index (χ1v) is 11.7. The number of nitrogens with one attached hydrogen (secondary N) is 1. The van der Waals surface area contributed by atoms with Gasteiger partial charge in [-0.1, -0.05) is 36.1 Å². The normalized spacial score (nSPS) is 11.6. The van der Waals surface area contributed by atoms with Crippen molar-refractivity contribution in [2.24, 2.45) is 0 Å². The van der Waals surface area contributed by atoms with Crippen LogP contribution >= 0.6 is 0 Å². The summed E-state index contributed by atoms with van der Waals surface area (Å²) in [4.78, 5) is 33.8. The molecule has 0 spiro atoms. The van der Waals surface area contributed by atoms with E-state index in [-0.39, 0.29) is 18.7 Å². The Morgan fingerprint density at radius 2 is 2.06 bits per heavy atom. The number of benzene rings is 1. The third-order valence-electron chi connectivity index (χ3n) is 5.57. The molecule has 2 heterocycles.